The van der Waals surface area contributed by atoms with E-state index in [2.05, 4.69) is 36.3 Å². The van der Waals surface area contributed by atoms with Crippen molar-refractivity contribution in [2.45, 2.75) is 32.4 Å². The molecule has 0 aliphatic carbocycles. The standard InChI is InChI=1S/C14H27ClN4O/c1-5-7-16-13(6-8-18(2)3)14-12(15)11-17-19(14)9-10-20-4/h11,13,16H,5-10H2,1-4H3. The molecular formula is C14H27ClN4O. The summed E-state index contributed by atoms with van der Waals surface area (Å²) in [6, 6.07) is 0.226. The van der Waals surface area contributed by atoms with Gasteiger partial charge in [-0.1, -0.05) is 18.5 Å². The van der Waals surface area contributed by atoms with Crippen molar-refractivity contribution in [3.8, 4) is 0 Å². The van der Waals surface area contributed by atoms with E-state index in [1.54, 1.807) is 13.3 Å². The van der Waals surface area contributed by atoms with Gasteiger partial charge in [-0.25, -0.2) is 0 Å². The van der Waals surface area contributed by atoms with Crippen LogP contribution in [0.1, 0.15) is 31.5 Å². The maximum absolute atomic E-state index is 6.34. The second-order valence-corrected chi connectivity index (χ2v) is 5.60. The van der Waals surface area contributed by atoms with E-state index in [0.29, 0.717) is 6.61 Å². The van der Waals surface area contributed by atoms with Crippen LogP contribution >= 0.6 is 11.6 Å². The molecule has 1 rings (SSSR count). The molecule has 1 unspecified atom stereocenters. The molecule has 0 aliphatic rings. The molecule has 116 valence electrons. The fourth-order valence-corrected chi connectivity index (χ4v) is 2.39. The number of nitrogens with zero attached hydrogens (tertiary/aromatic N) is 3. The van der Waals surface area contributed by atoms with Gasteiger partial charge >= 0.3 is 0 Å². The highest BCUT2D eigenvalue weighted by Gasteiger charge is 2.19. The predicted octanol–water partition coefficient (Wildman–Crippen LogP) is 2.18. The summed E-state index contributed by atoms with van der Waals surface area (Å²) in [5.74, 6) is 0. The Hall–Kier alpha value is -0.620. The van der Waals surface area contributed by atoms with E-state index in [1.165, 1.54) is 0 Å². The van der Waals surface area contributed by atoms with E-state index in [-0.39, 0.29) is 6.04 Å². The summed E-state index contributed by atoms with van der Waals surface area (Å²) in [6.45, 7) is 5.51. The number of nitrogens with one attached hydrogen (secondary N) is 1. The predicted molar refractivity (Wildman–Crippen MR) is 83.3 cm³/mol. The molecule has 0 saturated carbocycles. The van der Waals surface area contributed by atoms with Gasteiger partial charge in [-0.2, -0.15) is 5.10 Å². The van der Waals surface area contributed by atoms with Crippen molar-refractivity contribution in [1.29, 1.82) is 0 Å². The van der Waals surface area contributed by atoms with E-state index in [1.807, 2.05) is 4.68 Å². The molecular weight excluding hydrogens is 276 g/mol. The SMILES string of the molecule is CCCNC(CCN(C)C)c1c(Cl)cnn1CCOC. The van der Waals surface area contributed by atoms with Crippen LogP contribution in [0, 0.1) is 0 Å². The van der Waals surface area contributed by atoms with Gasteiger partial charge < -0.3 is 15.0 Å². The monoisotopic (exact) mass is 302 g/mol. The molecule has 6 heteroatoms. The quantitative estimate of drug-likeness (QED) is 0.719. The average molecular weight is 303 g/mol. The van der Waals surface area contributed by atoms with Crippen molar-refractivity contribution in [1.82, 2.24) is 20.0 Å². The zero-order valence-electron chi connectivity index (χ0n) is 13.0. The Bertz CT molecular complexity index is 381. The van der Waals surface area contributed by atoms with Crippen LogP contribution < -0.4 is 5.32 Å². The van der Waals surface area contributed by atoms with E-state index in [9.17, 15) is 0 Å². The molecule has 1 aromatic heterocycles. The number of hydrogen-bond acceptors (Lipinski definition) is 4. The van der Waals surface area contributed by atoms with E-state index >= 15 is 0 Å². The number of hydrogen-bond donors (Lipinski definition) is 1. The van der Waals surface area contributed by atoms with Gasteiger partial charge in [-0.3, -0.25) is 4.68 Å². The molecule has 1 N–H and O–H groups in total. The fraction of sp³-hybridized carbons (Fsp3) is 0.786. The molecule has 20 heavy (non-hydrogen) atoms. The van der Waals surface area contributed by atoms with Gasteiger partial charge in [-0.05, 0) is 40.0 Å². The van der Waals surface area contributed by atoms with Gasteiger partial charge in [0.1, 0.15) is 0 Å². The molecule has 0 amide bonds. The normalized spacial score (nSPS) is 13.1. The van der Waals surface area contributed by atoms with E-state index in [0.717, 1.165) is 43.2 Å². The van der Waals surface area contributed by atoms with Crippen LogP contribution in [-0.4, -0.2) is 55.6 Å². The fourth-order valence-electron chi connectivity index (χ4n) is 2.12. The summed E-state index contributed by atoms with van der Waals surface area (Å²) in [5, 5.41) is 8.66. The molecule has 0 bridgehead atoms. The second kappa shape index (κ2) is 9.34. The van der Waals surface area contributed by atoms with Crippen molar-refractivity contribution in [3.63, 3.8) is 0 Å². The first-order chi connectivity index (χ1) is 9.60. The minimum Gasteiger partial charge on any atom is -0.383 e. The third-order valence-corrected chi connectivity index (χ3v) is 3.47. The molecule has 0 aromatic carbocycles. The van der Waals surface area contributed by atoms with Crippen molar-refractivity contribution >= 4 is 11.6 Å². The van der Waals surface area contributed by atoms with Crippen LogP contribution in [-0.2, 0) is 11.3 Å². The molecule has 1 heterocycles. The van der Waals surface area contributed by atoms with Crippen LogP contribution in [0.25, 0.3) is 0 Å². The highest BCUT2D eigenvalue weighted by Crippen LogP contribution is 2.25. The molecule has 1 aromatic rings. The lowest BCUT2D eigenvalue weighted by atomic mass is 10.1. The van der Waals surface area contributed by atoms with Crippen molar-refractivity contribution in [2.75, 3.05) is 40.9 Å². The second-order valence-electron chi connectivity index (χ2n) is 5.19. The molecule has 0 spiro atoms. The summed E-state index contributed by atoms with van der Waals surface area (Å²) < 4.78 is 7.09. The van der Waals surface area contributed by atoms with Gasteiger partial charge in [0.05, 0.1) is 36.1 Å². The first-order valence-electron chi connectivity index (χ1n) is 7.18. The molecule has 5 nitrogen and oxygen atoms in total. The van der Waals surface area contributed by atoms with Gasteiger partial charge in [-0.15, -0.1) is 0 Å². The third-order valence-electron chi connectivity index (χ3n) is 3.18. The Balaban J connectivity index is 2.83. The lowest BCUT2D eigenvalue weighted by Gasteiger charge is -2.22. The number of rotatable bonds is 10. The Morgan fingerprint density at radius 1 is 1.50 bits per heavy atom. The number of aromatic nitrogens is 2. The molecule has 0 fully saturated rings. The minimum absolute atomic E-state index is 0.226. The van der Waals surface area contributed by atoms with Gasteiger partial charge in [0.2, 0.25) is 0 Å². The van der Waals surface area contributed by atoms with Crippen molar-refractivity contribution in [3.05, 3.63) is 16.9 Å². The first kappa shape index (κ1) is 17.4. The van der Waals surface area contributed by atoms with Crippen LogP contribution in [0.5, 0.6) is 0 Å². The largest absolute Gasteiger partial charge is 0.383 e. The molecule has 0 saturated heterocycles. The third kappa shape index (κ3) is 5.40. The average Bonchev–Trinajstić information content (AvgIpc) is 2.78. The topological polar surface area (TPSA) is 42.3 Å². The Kier molecular flexibility index (Phi) is 8.14. The minimum atomic E-state index is 0.226. The lowest BCUT2D eigenvalue weighted by molar-refractivity contribution is 0.181. The number of methoxy groups -OCH3 is 1. The number of halogens is 1. The lowest BCUT2D eigenvalue weighted by Crippen LogP contribution is -2.29. The van der Waals surface area contributed by atoms with E-state index < -0.39 is 0 Å². The zero-order valence-corrected chi connectivity index (χ0v) is 13.8. The van der Waals surface area contributed by atoms with Crippen molar-refractivity contribution in [2.24, 2.45) is 0 Å². The maximum Gasteiger partial charge on any atom is 0.0834 e. The summed E-state index contributed by atoms with van der Waals surface area (Å²) in [4.78, 5) is 2.18. The Morgan fingerprint density at radius 2 is 2.25 bits per heavy atom. The number of ether oxygens (including phenoxy) is 1. The Morgan fingerprint density at radius 3 is 2.85 bits per heavy atom. The van der Waals surface area contributed by atoms with Crippen molar-refractivity contribution < 1.29 is 4.74 Å². The Labute approximate surface area is 127 Å². The van der Waals surface area contributed by atoms with Crippen LogP contribution in [0.15, 0.2) is 6.20 Å². The van der Waals surface area contributed by atoms with Crippen LogP contribution in [0.2, 0.25) is 5.02 Å². The highest BCUT2D eigenvalue weighted by molar-refractivity contribution is 6.31. The highest BCUT2D eigenvalue weighted by atomic mass is 35.5. The summed E-state index contributed by atoms with van der Waals surface area (Å²) in [7, 11) is 5.87. The zero-order chi connectivity index (χ0) is 15.0. The maximum atomic E-state index is 6.34. The first-order valence-corrected chi connectivity index (χ1v) is 7.56. The molecule has 0 radical (unpaired) electrons. The smallest absolute Gasteiger partial charge is 0.0834 e. The van der Waals surface area contributed by atoms with Crippen LogP contribution in [0.4, 0.5) is 0 Å². The summed E-state index contributed by atoms with van der Waals surface area (Å²) in [5.41, 5.74) is 1.07. The molecule has 0 aliphatic heterocycles. The van der Waals surface area contributed by atoms with E-state index in [4.69, 9.17) is 16.3 Å². The summed E-state index contributed by atoms with van der Waals surface area (Å²) >= 11 is 6.34. The van der Waals surface area contributed by atoms with Crippen LogP contribution in [0.3, 0.4) is 0 Å². The van der Waals surface area contributed by atoms with Gasteiger partial charge in [0.25, 0.3) is 0 Å². The van der Waals surface area contributed by atoms with Gasteiger partial charge in [0, 0.05) is 7.11 Å². The molecule has 1 atom stereocenters. The van der Waals surface area contributed by atoms with Gasteiger partial charge in [0.15, 0.2) is 0 Å². The summed E-state index contributed by atoms with van der Waals surface area (Å²) in [6.07, 6.45) is 3.83.